The molecule has 1 aromatic heterocycles. The van der Waals surface area contributed by atoms with Crippen molar-refractivity contribution in [1.82, 2.24) is 9.88 Å². The van der Waals surface area contributed by atoms with Crippen LogP contribution in [0, 0.1) is 5.92 Å². The zero-order chi connectivity index (χ0) is 11.4. The molecule has 0 aliphatic carbocycles. The molecule has 1 N–H and O–H groups in total. The molecule has 2 heterocycles. The predicted octanol–water partition coefficient (Wildman–Crippen LogP) is 2.02. The van der Waals surface area contributed by atoms with Gasteiger partial charge < -0.3 is 14.6 Å². The molecule has 90 valence electrons. The fourth-order valence-corrected chi connectivity index (χ4v) is 2.35. The van der Waals surface area contributed by atoms with Crippen LogP contribution in [0.25, 0.3) is 0 Å². The summed E-state index contributed by atoms with van der Waals surface area (Å²) in [5, 5.41) is 3.53. The van der Waals surface area contributed by atoms with Gasteiger partial charge in [-0.1, -0.05) is 0 Å². The van der Waals surface area contributed by atoms with Gasteiger partial charge >= 0.3 is 0 Å². The SMILES string of the molecule is CCn1cccc1CNCC1CCOC1C. The molecular formula is C13H22N2O. The van der Waals surface area contributed by atoms with Crippen LogP contribution in [-0.4, -0.2) is 23.8 Å². The average Bonchev–Trinajstić information content (AvgIpc) is 2.88. The third-order valence-corrected chi connectivity index (χ3v) is 3.51. The maximum absolute atomic E-state index is 5.55. The third-order valence-electron chi connectivity index (χ3n) is 3.51. The van der Waals surface area contributed by atoms with Crippen LogP contribution in [0.5, 0.6) is 0 Å². The molecule has 16 heavy (non-hydrogen) atoms. The van der Waals surface area contributed by atoms with Crippen LogP contribution < -0.4 is 5.32 Å². The molecule has 0 amide bonds. The first-order chi connectivity index (χ1) is 7.81. The number of aromatic nitrogens is 1. The summed E-state index contributed by atoms with van der Waals surface area (Å²) in [5.74, 6) is 0.685. The van der Waals surface area contributed by atoms with Crippen molar-refractivity contribution in [3.05, 3.63) is 24.0 Å². The molecule has 1 aromatic rings. The van der Waals surface area contributed by atoms with Gasteiger partial charge in [-0.05, 0) is 38.3 Å². The van der Waals surface area contributed by atoms with E-state index in [2.05, 4.69) is 42.1 Å². The zero-order valence-corrected chi connectivity index (χ0v) is 10.3. The third kappa shape index (κ3) is 2.66. The Balaban J connectivity index is 1.75. The normalized spacial score (nSPS) is 25.1. The van der Waals surface area contributed by atoms with E-state index in [0.29, 0.717) is 12.0 Å². The summed E-state index contributed by atoms with van der Waals surface area (Å²) >= 11 is 0. The molecule has 3 nitrogen and oxygen atoms in total. The molecule has 3 heteroatoms. The molecule has 1 saturated heterocycles. The monoisotopic (exact) mass is 222 g/mol. The van der Waals surface area contributed by atoms with E-state index in [1.165, 1.54) is 12.1 Å². The van der Waals surface area contributed by atoms with Gasteiger partial charge in [0.25, 0.3) is 0 Å². The molecule has 0 bridgehead atoms. The minimum Gasteiger partial charge on any atom is -0.378 e. The summed E-state index contributed by atoms with van der Waals surface area (Å²) in [5.41, 5.74) is 1.37. The van der Waals surface area contributed by atoms with E-state index in [1.54, 1.807) is 0 Å². The number of hydrogen-bond donors (Lipinski definition) is 1. The van der Waals surface area contributed by atoms with E-state index in [-0.39, 0.29) is 0 Å². The first kappa shape index (κ1) is 11.7. The standard InChI is InChI=1S/C13H22N2O/c1-3-15-7-4-5-13(15)10-14-9-12-6-8-16-11(12)2/h4-5,7,11-12,14H,3,6,8-10H2,1-2H3. The Morgan fingerprint density at radius 2 is 2.44 bits per heavy atom. The summed E-state index contributed by atoms with van der Waals surface area (Å²) in [6.45, 7) is 8.36. The maximum Gasteiger partial charge on any atom is 0.0588 e. The van der Waals surface area contributed by atoms with Crippen LogP contribution in [0.4, 0.5) is 0 Å². The van der Waals surface area contributed by atoms with Gasteiger partial charge in [0.1, 0.15) is 0 Å². The lowest BCUT2D eigenvalue weighted by Gasteiger charge is -2.15. The smallest absolute Gasteiger partial charge is 0.0588 e. The van der Waals surface area contributed by atoms with E-state index in [4.69, 9.17) is 4.74 Å². The summed E-state index contributed by atoms with van der Waals surface area (Å²) in [7, 11) is 0. The Hall–Kier alpha value is -0.800. The average molecular weight is 222 g/mol. The predicted molar refractivity (Wildman–Crippen MR) is 65.3 cm³/mol. The van der Waals surface area contributed by atoms with E-state index < -0.39 is 0 Å². The van der Waals surface area contributed by atoms with E-state index >= 15 is 0 Å². The lowest BCUT2D eigenvalue weighted by molar-refractivity contribution is 0.105. The lowest BCUT2D eigenvalue weighted by atomic mass is 10.0. The first-order valence-electron chi connectivity index (χ1n) is 6.27. The minimum absolute atomic E-state index is 0.422. The highest BCUT2D eigenvalue weighted by Crippen LogP contribution is 2.19. The van der Waals surface area contributed by atoms with Crippen LogP contribution in [0.15, 0.2) is 18.3 Å². The van der Waals surface area contributed by atoms with Gasteiger partial charge in [0.05, 0.1) is 6.10 Å². The van der Waals surface area contributed by atoms with Crippen LogP contribution in [-0.2, 0) is 17.8 Å². The highest BCUT2D eigenvalue weighted by atomic mass is 16.5. The number of nitrogens with zero attached hydrogens (tertiary/aromatic N) is 1. The molecule has 0 radical (unpaired) electrons. The fraction of sp³-hybridized carbons (Fsp3) is 0.692. The van der Waals surface area contributed by atoms with Crippen LogP contribution >= 0.6 is 0 Å². The van der Waals surface area contributed by atoms with Crippen molar-refractivity contribution < 1.29 is 4.74 Å². The second kappa shape index (κ2) is 5.51. The Bertz CT molecular complexity index is 321. The minimum atomic E-state index is 0.422. The van der Waals surface area contributed by atoms with E-state index in [0.717, 1.165) is 26.2 Å². The van der Waals surface area contributed by atoms with Gasteiger partial charge in [-0.3, -0.25) is 0 Å². The van der Waals surface area contributed by atoms with Crippen molar-refractivity contribution >= 4 is 0 Å². The molecule has 0 saturated carbocycles. The highest BCUT2D eigenvalue weighted by molar-refractivity contribution is 5.06. The number of nitrogens with one attached hydrogen (secondary N) is 1. The quantitative estimate of drug-likeness (QED) is 0.825. The second-order valence-electron chi connectivity index (χ2n) is 4.54. The molecule has 2 rings (SSSR count). The van der Waals surface area contributed by atoms with E-state index in [9.17, 15) is 0 Å². The van der Waals surface area contributed by atoms with Crippen molar-refractivity contribution in [3.8, 4) is 0 Å². The Morgan fingerprint density at radius 3 is 3.12 bits per heavy atom. The van der Waals surface area contributed by atoms with Crippen molar-refractivity contribution in [2.24, 2.45) is 5.92 Å². The van der Waals surface area contributed by atoms with E-state index in [1.807, 2.05) is 0 Å². The summed E-state index contributed by atoms with van der Waals surface area (Å²) < 4.78 is 7.83. The molecule has 2 atom stereocenters. The summed E-state index contributed by atoms with van der Waals surface area (Å²) in [6.07, 6.45) is 3.76. The van der Waals surface area contributed by atoms with Crippen LogP contribution in [0.1, 0.15) is 26.0 Å². The molecule has 1 fully saturated rings. The molecule has 0 aromatic carbocycles. The highest BCUT2D eigenvalue weighted by Gasteiger charge is 2.23. The van der Waals surface area contributed by atoms with Crippen molar-refractivity contribution in [3.63, 3.8) is 0 Å². The first-order valence-corrected chi connectivity index (χ1v) is 6.27. The van der Waals surface area contributed by atoms with Gasteiger partial charge in [-0.15, -0.1) is 0 Å². The van der Waals surface area contributed by atoms with Crippen molar-refractivity contribution in [1.29, 1.82) is 0 Å². The van der Waals surface area contributed by atoms with Crippen LogP contribution in [0.2, 0.25) is 0 Å². The van der Waals surface area contributed by atoms with Crippen molar-refractivity contribution in [2.45, 2.75) is 39.5 Å². The fourth-order valence-electron chi connectivity index (χ4n) is 2.35. The molecular weight excluding hydrogens is 200 g/mol. The number of aryl methyl sites for hydroxylation is 1. The summed E-state index contributed by atoms with van der Waals surface area (Å²) in [4.78, 5) is 0. The van der Waals surface area contributed by atoms with Crippen molar-refractivity contribution in [2.75, 3.05) is 13.2 Å². The zero-order valence-electron chi connectivity index (χ0n) is 10.3. The molecule has 1 aliphatic heterocycles. The number of ether oxygens (including phenoxy) is 1. The summed E-state index contributed by atoms with van der Waals surface area (Å²) in [6, 6.07) is 4.30. The lowest BCUT2D eigenvalue weighted by Crippen LogP contribution is -2.27. The van der Waals surface area contributed by atoms with Gasteiger partial charge in [-0.2, -0.15) is 0 Å². The van der Waals surface area contributed by atoms with Gasteiger partial charge in [0.15, 0.2) is 0 Å². The Labute approximate surface area is 97.8 Å². The van der Waals surface area contributed by atoms with Gasteiger partial charge in [-0.25, -0.2) is 0 Å². The number of rotatable bonds is 5. The molecule has 1 aliphatic rings. The molecule has 0 spiro atoms. The van der Waals surface area contributed by atoms with Gasteiger partial charge in [0, 0.05) is 38.1 Å². The second-order valence-corrected chi connectivity index (χ2v) is 4.54. The maximum atomic E-state index is 5.55. The number of hydrogen-bond acceptors (Lipinski definition) is 2. The Kier molecular flexibility index (Phi) is 4.02. The van der Waals surface area contributed by atoms with Gasteiger partial charge in [0.2, 0.25) is 0 Å². The Morgan fingerprint density at radius 1 is 1.56 bits per heavy atom. The topological polar surface area (TPSA) is 26.2 Å². The molecule has 2 unspecified atom stereocenters. The largest absolute Gasteiger partial charge is 0.378 e. The van der Waals surface area contributed by atoms with Crippen LogP contribution in [0.3, 0.4) is 0 Å².